The number of halogens is 1. The van der Waals surface area contributed by atoms with Crippen molar-refractivity contribution in [3.05, 3.63) is 17.7 Å². The van der Waals surface area contributed by atoms with Crippen LogP contribution >= 0.6 is 22.6 Å². The number of benzene rings is 1. The molecule has 0 saturated carbocycles. The van der Waals surface area contributed by atoms with Gasteiger partial charge in [0.05, 0.1) is 31.0 Å². The predicted molar refractivity (Wildman–Crippen MR) is 97.9 cm³/mol. The number of fused-ring (bicyclic) bond motifs is 2. The second-order valence-electron chi connectivity index (χ2n) is 5.83. The molecule has 0 unspecified atom stereocenters. The number of methoxy groups -OCH3 is 1. The molecule has 2 aliphatic rings. The van der Waals surface area contributed by atoms with Crippen molar-refractivity contribution in [2.75, 3.05) is 29.6 Å². The molecule has 1 aromatic carbocycles. The van der Waals surface area contributed by atoms with Gasteiger partial charge in [-0.25, -0.2) is 9.69 Å². The molecule has 0 aliphatic carbocycles. The van der Waals surface area contributed by atoms with E-state index in [4.69, 9.17) is 9.47 Å². The molecule has 0 aromatic heterocycles. The van der Waals surface area contributed by atoms with E-state index < -0.39 is 18.4 Å². The second kappa shape index (κ2) is 7.24. The fourth-order valence-corrected chi connectivity index (χ4v) is 3.60. The van der Waals surface area contributed by atoms with Crippen LogP contribution in [0.2, 0.25) is 0 Å². The third-order valence-electron chi connectivity index (χ3n) is 4.48. The fraction of sp³-hybridized carbons (Fsp3) is 0.500. The summed E-state index contributed by atoms with van der Waals surface area (Å²) < 4.78 is 11.7. The molecule has 2 atom stereocenters. The number of hydrogen-bond acceptors (Lipinski definition) is 5. The molecule has 136 valence electrons. The minimum atomic E-state index is -1.32. The van der Waals surface area contributed by atoms with Crippen LogP contribution in [0.25, 0.3) is 0 Å². The van der Waals surface area contributed by atoms with Crippen LogP contribution in [-0.4, -0.2) is 64.1 Å². The molecule has 2 amide bonds. The highest BCUT2D eigenvalue weighted by Crippen LogP contribution is 2.40. The highest BCUT2D eigenvalue weighted by Gasteiger charge is 2.44. The average Bonchev–Trinajstić information content (AvgIpc) is 3.05. The number of alkyl halides is 1. The molecule has 2 N–H and O–H groups in total. The first-order valence-electron chi connectivity index (χ1n) is 7.91. The van der Waals surface area contributed by atoms with Gasteiger partial charge in [0, 0.05) is 17.0 Å². The Morgan fingerprint density at radius 2 is 2.16 bits per heavy atom. The van der Waals surface area contributed by atoms with Gasteiger partial charge in [0.2, 0.25) is 0 Å². The molecule has 0 bridgehead atoms. The number of hydrogen-bond donors (Lipinski definition) is 2. The standard InChI is InChI=1S/C16H19IN2O6/c1-24-12-7-9-11(8-13(12)25-6-4-17)19(16(22)23)15(21)10-3-2-5-18(10)14(9)20/h7-8,10,15,21H,2-6H2,1H3,(H,22,23)/t10-,15-/m0/s1. The van der Waals surface area contributed by atoms with Gasteiger partial charge >= 0.3 is 6.09 Å². The van der Waals surface area contributed by atoms with E-state index in [9.17, 15) is 19.8 Å². The summed E-state index contributed by atoms with van der Waals surface area (Å²) in [7, 11) is 1.46. The van der Waals surface area contributed by atoms with E-state index in [1.807, 2.05) is 0 Å². The molecule has 0 spiro atoms. The maximum Gasteiger partial charge on any atom is 0.414 e. The van der Waals surface area contributed by atoms with Crippen molar-refractivity contribution in [2.45, 2.75) is 25.1 Å². The van der Waals surface area contributed by atoms with E-state index >= 15 is 0 Å². The van der Waals surface area contributed by atoms with Crippen LogP contribution in [-0.2, 0) is 0 Å². The smallest absolute Gasteiger partial charge is 0.414 e. The zero-order valence-electron chi connectivity index (χ0n) is 13.6. The number of aliphatic hydroxyl groups is 1. The summed E-state index contributed by atoms with van der Waals surface area (Å²) in [5, 5.41) is 20.3. The first-order chi connectivity index (χ1) is 12.0. The van der Waals surface area contributed by atoms with Crippen molar-refractivity contribution in [3.63, 3.8) is 0 Å². The van der Waals surface area contributed by atoms with Crippen molar-refractivity contribution in [2.24, 2.45) is 0 Å². The zero-order chi connectivity index (χ0) is 18.1. The topological polar surface area (TPSA) is 99.5 Å². The summed E-state index contributed by atoms with van der Waals surface area (Å²) in [6.45, 7) is 0.900. The van der Waals surface area contributed by atoms with Gasteiger partial charge in [0.1, 0.15) is 0 Å². The Kier molecular flexibility index (Phi) is 5.23. The normalized spacial score (nSPS) is 22.3. The second-order valence-corrected chi connectivity index (χ2v) is 6.91. The van der Waals surface area contributed by atoms with Gasteiger partial charge in [-0.05, 0) is 18.9 Å². The number of ether oxygens (including phenoxy) is 2. The summed E-state index contributed by atoms with van der Waals surface area (Å²) in [6.07, 6.45) is -1.36. The largest absolute Gasteiger partial charge is 0.493 e. The molecule has 1 saturated heterocycles. The Hall–Kier alpha value is -1.75. The SMILES string of the molecule is COc1cc2c(cc1OCCI)N(C(=O)O)[C@@H](O)[C@@H]1CCCN1C2=O. The summed E-state index contributed by atoms with van der Waals surface area (Å²) in [6, 6.07) is 2.39. The van der Waals surface area contributed by atoms with Crippen LogP contribution in [0.3, 0.4) is 0 Å². The van der Waals surface area contributed by atoms with E-state index in [0.29, 0.717) is 31.1 Å². The molecular weight excluding hydrogens is 443 g/mol. The Balaban J connectivity index is 2.17. The van der Waals surface area contributed by atoms with Crippen LogP contribution in [0.4, 0.5) is 10.5 Å². The lowest BCUT2D eigenvalue weighted by molar-refractivity contribution is 0.0511. The molecule has 2 aliphatic heterocycles. The van der Waals surface area contributed by atoms with Crippen LogP contribution in [0.5, 0.6) is 11.5 Å². The summed E-state index contributed by atoms with van der Waals surface area (Å²) in [4.78, 5) is 27.1. The minimum Gasteiger partial charge on any atom is -0.493 e. The molecule has 9 heteroatoms. The van der Waals surface area contributed by atoms with Gasteiger partial charge in [-0.15, -0.1) is 0 Å². The molecule has 3 rings (SSSR count). The first kappa shape index (κ1) is 18.1. The average molecular weight is 462 g/mol. The molecule has 0 radical (unpaired) electrons. The number of amides is 2. The van der Waals surface area contributed by atoms with Gasteiger partial charge in [0.25, 0.3) is 5.91 Å². The van der Waals surface area contributed by atoms with Crippen molar-refractivity contribution >= 4 is 40.3 Å². The number of carbonyl (C=O) groups excluding carboxylic acids is 1. The predicted octanol–water partition coefficient (Wildman–Crippen LogP) is 1.93. The number of aliphatic hydroxyl groups excluding tert-OH is 1. The molecule has 2 heterocycles. The maximum absolute atomic E-state index is 12.9. The van der Waals surface area contributed by atoms with E-state index in [-0.39, 0.29) is 17.2 Å². The minimum absolute atomic E-state index is 0.114. The molecule has 25 heavy (non-hydrogen) atoms. The Morgan fingerprint density at radius 3 is 2.80 bits per heavy atom. The highest BCUT2D eigenvalue weighted by atomic mass is 127. The number of rotatable bonds is 4. The third-order valence-corrected chi connectivity index (χ3v) is 4.92. The van der Waals surface area contributed by atoms with Crippen molar-refractivity contribution in [1.29, 1.82) is 0 Å². The number of carboxylic acid groups (broad SMARTS) is 1. The van der Waals surface area contributed by atoms with E-state index in [2.05, 4.69) is 22.6 Å². The maximum atomic E-state index is 12.9. The van der Waals surface area contributed by atoms with Crippen LogP contribution < -0.4 is 14.4 Å². The van der Waals surface area contributed by atoms with Gasteiger partial charge < -0.3 is 24.6 Å². The molecule has 8 nitrogen and oxygen atoms in total. The molecular formula is C16H19IN2O6. The van der Waals surface area contributed by atoms with Gasteiger partial charge in [-0.3, -0.25) is 4.79 Å². The zero-order valence-corrected chi connectivity index (χ0v) is 15.8. The lowest BCUT2D eigenvalue weighted by atomic mass is 10.1. The number of carbonyl (C=O) groups is 2. The number of nitrogens with zero attached hydrogens (tertiary/aromatic N) is 2. The van der Waals surface area contributed by atoms with Gasteiger partial charge in [-0.1, -0.05) is 22.6 Å². The Bertz CT molecular complexity index is 697. The lowest BCUT2D eigenvalue weighted by Crippen LogP contribution is -2.50. The van der Waals surface area contributed by atoms with Crippen LogP contribution in [0, 0.1) is 0 Å². The molecule has 1 fully saturated rings. The van der Waals surface area contributed by atoms with E-state index in [1.54, 1.807) is 0 Å². The highest BCUT2D eigenvalue weighted by molar-refractivity contribution is 14.1. The van der Waals surface area contributed by atoms with Crippen molar-refractivity contribution in [3.8, 4) is 11.5 Å². The van der Waals surface area contributed by atoms with Crippen molar-refractivity contribution in [1.82, 2.24) is 4.90 Å². The Labute approximate surface area is 158 Å². The van der Waals surface area contributed by atoms with E-state index in [1.165, 1.54) is 24.1 Å². The van der Waals surface area contributed by atoms with Gasteiger partial charge in [-0.2, -0.15) is 0 Å². The van der Waals surface area contributed by atoms with E-state index in [0.717, 1.165) is 15.7 Å². The Morgan fingerprint density at radius 1 is 1.40 bits per heavy atom. The third kappa shape index (κ3) is 3.10. The monoisotopic (exact) mass is 462 g/mol. The van der Waals surface area contributed by atoms with Crippen LogP contribution in [0.15, 0.2) is 12.1 Å². The first-order valence-corrected chi connectivity index (χ1v) is 9.44. The summed E-state index contributed by atoms with van der Waals surface area (Å²) in [5.74, 6) is 0.389. The van der Waals surface area contributed by atoms with Crippen LogP contribution in [0.1, 0.15) is 23.2 Å². The fourth-order valence-electron chi connectivity index (χ4n) is 3.38. The summed E-state index contributed by atoms with van der Waals surface area (Å²) >= 11 is 2.16. The van der Waals surface area contributed by atoms with Crippen molar-refractivity contribution < 1.29 is 29.3 Å². The summed E-state index contributed by atoms with van der Waals surface area (Å²) in [5.41, 5.74) is 0.299. The van der Waals surface area contributed by atoms with Gasteiger partial charge in [0.15, 0.2) is 17.7 Å². The molecule has 1 aromatic rings. The quantitative estimate of drug-likeness (QED) is 0.524. The number of anilines is 1. The lowest BCUT2D eigenvalue weighted by Gasteiger charge is -2.30.